The van der Waals surface area contributed by atoms with Crippen molar-refractivity contribution in [2.45, 2.75) is 76.3 Å². The van der Waals surface area contributed by atoms with Gasteiger partial charge in [0.1, 0.15) is 5.76 Å². The Bertz CT molecular complexity index is 833. The molecule has 1 spiro atoms. The number of piperidine rings is 1. The van der Waals surface area contributed by atoms with Crippen LogP contribution in [0, 0.1) is 17.8 Å². The molecule has 0 saturated carbocycles. The Morgan fingerprint density at radius 3 is 2.93 bits per heavy atom. The van der Waals surface area contributed by atoms with Crippen molar-refractivity contribution in [3.8, 4) is 0 Å². The Labute approximate surface area is 165 Å². The largest absolute Gasteiger partial charge is 0.492 e. The van der Waals surface area contributed by atoms with E-state index in [4.69, 9.17) is 18.9 Å². The first-order valence-electron chi connectivity index (χ1n) is 10.8. The molecule has 6 nitrogen and oxygen atoms in total. The second-order valence-electron chi connectivity index (χ2n) is 9.42. The summed E-state index contributed by atoms with van der Waals surface area (Å²) in [4.78, 5) is 14.9. The van der Waals surface area contributed by atoms with E-state index in [1.54, 1.807) is 14.0 Å². The van der Waals surface area contributed by atoms with Crippen LogP contribution in [0.3, 0.4) is 0 Å². The van der Waals surface area contributed by atoms with Gasteiger partial charge in [-0.1, -0.05) is 26.7 Å². The van der Waals surface area contributed by atoms with Gasteiger partial charge < -0.3 is 18.9 Å². The normalized spacial score (nSPS) is 52.5. The Kier molecular flexibility index (Phi) is 3.30. The van der Waals surface area contributed by atoms with Crippen LogP contribution < -0.4 is 0 Å². The Hall–Kier alpha value is -1.53. The highest BCUT2D eigenvalue weighted by Gasteiger charge is 2.84. The molecule has 5 bridgehead atoms. The van der Waals surface area contributed by atoms with Crippen molar-refractivity contribution < 1.29 is 23.7 Å². The Morgan fingerprint density at radius 1 is 1.36 bits per heavy atom. The molecule has 6 heteroatoms. The first-order chi connectivity index (χ1) is 13.5. The summed E-state index contributed by atoms with van der Waals surface area (Å²) in [6, 6.07) is 0.496. The van der Waals surface area contributed by atoms with Gasteiger partial charge in [-0.25, -0.2) is 4.79 Å². The van der Waals surface area contributed by atoms with E-state index in [0.717, 1.165) is 25.1 Å². The number of ether oxygens (including phenoxy) is 4. The maximum atomic E-state index is 12.2. The van der Waals surface area contributed by atoms with Gasteiger partial charge in [0, 0.05) is 17.9 Å². The monoisotopic (exact) mass is 387 g/mol. The minimum absolute atomic E-state index is 0.134. The maximum absolute atomic E-state index is 12.2. The van der Waals surface area contributed by atoms with Gasteiger partial charge in [-0.2, -0.15) is 0 Å². The van der Waals surface area contributed by atoms with Gasteiger partial charge in [0.05, 0.1) is 30.2 Å². The van der Waals surface area contributed by atoms with Gasteiger partial charge in [0.15, 0.2) is 5.76 Å². The number of fused-ring (bicyclic) bond motifs is 1. The van der Waals surface area contributed by atoms with Gasteiger partial charge in [-0.05, 0) is 32.7 Å². The Balaban J connectivity index is 1.46. The molecular weight excluding hydrogens is 358 g/mol. The average molecular weight is 387 g/mol. The van der Waals surface area contributed by atoms with Crippen molar-refractivity contribution in [2.75, 3.05) is 13.7 Å². The summed E-state index contributed by atoms with van der Waals surface area (Å²) < 4.78 is 24.7. The molecule has 5 fully saturated rings. The third-order valence-corrected chi connectivity index (χ3v) is 8.53. The van der Waals surface area contributed by atoms with E-state index in [0.29, 0.717) is 29.1 Å². The number of hydrogen-bond acceptors (Lipinski definition) is 6. The minimum atomic E-state index is -0.558. The van der Waals surface area contributed by atoms with Crippen LogP contribution in [0.25, 0.3) is 0 Å². The van der Waals surface area contributed by atoms with Crippen molar-refractivity contribution in [2.24, 2.45) is 17.8 Å². The molecule has 0 aromatic carbocycles. The molecule has 28 heavy (non-hydrogen) atoms. The lowest BCUT2D eigenvalue weighted by atomic mass is 9.69. The molecule has 0 aromatic heterocycles. The van der Waals surface area contributed by atoms with Crippen LogP contribution in [0.15, 0.2) is 22.9 Å². The summed E-state index contributed by atoms with van der Waals surface area (Å²) >= 11 is 0. The molecular formula is C22H29NO5. The number of esters is 1. The number of carbonyl (C=O) groups excluding carboxylic acids is 1. The number of hydrogen-bond donors (Lipinski definition) is 0. The predicted molar refractivity (Wildman–Crippen MR) is 99.6 cm³/mol. The standard InChI is InChI=1S/C22H29NO5/c1-5-6-8-21-14-7-9-23(21)13-10-15(21)27-22(14)16(13)11(2)18(28-22)19-17(25-4)12(3)20(24)26-19/h11,13-16H,5-10H2,1-4H3/b19-18+/t11-,13-,14?,15+,16+,21-,22+/m0/s1. The van der Waals surface area contributed by atoms with Crippen LogP contribution in [-0.4, -0.2) is 48.0 Å². The number of nitrogens with zero attached hydrogens (tertiary/aromatic N) is 1. The summed E-state index contributed by atoms with van der Waals surface area (Å²) in [6.45, 7) is 7.37. The van der Waals surface area contributed by atoms with Gasteiger partial charge in [0.25, 0.3) is 0 Å². The fraction of sp³-hybridized carbons (Fsp3) is 0.773. The second-order valence-corrected chi connectivity index (χ2v) is 9.42. The van der Waals surface area contributed by atoms with E-state index in [-0.39, 0.29) is 29.4 Å². The second kappa shape index (κ2) is 5.33. The SMILES string of the molecule is CCCC[C@@]12C3CCN1[C@H]1C[C@H]2O[C@@]32O/C(=C3/OC(=O)C(C)=C3OC)[C@@H](C)[C@H]12. The smallest absolute Gasteiger partial charge is 0.343 e. The van der Waals surface area contributed by atoms with E-state index in [1.165, 1.54) is 19.3 Å². The number of carbonyl (C=O) groups is 1. The molecule has 0 aromatic rings. The number of allylic oxidation sites excluding steroid dienone is 1. The quantitative estimate of drug-likeness (QED) is 0.691. The first kappa shape index (κ1) is 17.3. The van der Waals surface area contributed by atoms with Crippen molar-refractivity contribution in [1.82, 2.24) is 4.90 Å². The summed E-state index contributed by atoms with van der Waals surface area (Å²) in [7, 11) is 1.58. The van der Waals surface area contributed by atoms with Crippen LogP contribution in [0.1, 0.15) is 52.9 Å². The van der Waals surface area contributed by atoms with E-state index in [9.17, 15) is 4.79 Å². The summed E-state index contributed by atoms with van der Waals surface area (Å²) in [5.74, 6) is 1.64. The third kappa shape index (κ3) is 1.65. The number of methoxy groups -OCH3 is 1. The van der Waals surface area contributed by atoms with E-state index < -0.39 is 5.79 Å². The van der Waals surface area contributed by atoms with Crippen molar-refractivity contribution >= 4 is 5.97 Å². The van der Waals surface area contributed by atoms with Gasteiger partial charge in [-0.15, -0.1) is 0 Å². The molecule has 0 aliphatic carbocycles. The summed E-state index contributed by atoms with van der Waals surface area (Å²) in [6.07, 6.45) is 6.15. The summed E-state index contributed by atoms with van der Waals surface area (Å²) in [5.41, 5.74) is 0.659. The van der Waals surface area contributed by atoms with E-state index in [2.05, 4.69) is 18.7 Å². The van der Waals surface area contributed by atoms with E-state index in [1.807, 2.05) is 0 Å². The lowest BCUT2D eigenvalue weighted by Crippen LogP contribution is -2.61. The zero-order valence-electron chi connectivity index (χ0n) is 17.1. The Morgan fingerprint density at radius 2 is 2.18 bits per heavy atom. The molecule has 6 aliphatic rings. The lowest BCUT2D eigenvalue weighted by Gasteiger charge is -2.48. The van der Waals surface area contributed by atoms with Gasteiger partial charge in [0.2, 0.25) is 11.5 Å². The van der Waals surface area contributed by atoms with Crippen molar-refractivity contribution in [1.29, 1.82) is 0 Å². The van der Waals surface area contributed by atoms with Crippen LogP contribution >= 0.6 is 0 Å². The molecule has 6 rings (SSSR count). The molecule has 2 unspecified atom stereocenters. The van der Waals surface area contributed by atoms with Crippen LogP contribution in [0.5, 0.6) is 0 Å². The number of unbranched alkanes of at least 4 members (excludes halogenated alkanes) is 1. The zero-order chi connectivity index (χ0) is 19.4. The number of rotatable bonds is 4. The highest BCUT2D eigenvalue weighted by molar-refractivity contribution is 5.93. The molecule has 152 valence electrons. The number of cyclic esters (lactones) is 1. The van der Waals surface area contributed by atoms with Crippen molar-refractivity contribution in [3.63, 3.8) is 0 Å². The molecule has 6 aliphatic heterocycles. The lowest BCUT2D eigenvalue weighted by molar-refractivity contribution is -0.256. The average Bonchev–Trinajstić information content (AvgIpc) is 3.38. The highest BCUT2D eigenvalue weighted by Crippen LogP contribution is 2.73. The minimum Gasteiger partial charge on any atom is -0.492 e. The van der Waals surface area contributed by atoms with E-state index >= 15 is 0 Å². The van der Waals surface area contributed by atoms with Crippen LogP contribution in [0.2, 0.25) is 0 Å². The highest BCUT2D eigenvalue weighted by atomic mass is 16.7. The van der Waals surface area contributed by atoms with Crippen molar-refractivity contribution in [3.05, 3.63) is 22.9 Å². The molecule has 0 amide bonds. The van der Waals surface area contributed by atoms with Gasteiger partial charge >= 0.3 is 5.97 Å². The fourth-order valence-corrected chi connectivity index (χ4v) is 7.64. The predicted octanol–water partition coefficient (Wildman–Crippen LogP) is 3.09. The van der Waals surface area contributed by atoms with Crippen LogP contribution in [-0.2, 0) is 23.7 Å². The molecule has 5 saturated heterocycles. The first-order valence-corrected chi connectivity index (χ1v) is 10.8. The van der Waals surface area contributed by atoms with Crippen LogP contribution in [0.4, 0.5) is 0 Å². The topological polar surface area (TPSA) is 57.2 Å². The summed E-state index contributed by atoms with van der Waals surface area (Å²) in [5, 5.41) is 0. The molecule has 0 N–H and O–H groups in total. The maximum Gasteiger partial charge on any atom is 0.343 e. The fourth-order valence-electron chi connectivity index (χ4n) is 7.64. The van der Waals surface area contributed by atoms with Gasteiger partial charge in [-0.3, -0.25) is 4.90 Å². The molecule has 6 heterocycles. The molecule has 0 radical (unpaired) electrons. The third-order valence-electron chi connectivity index (χ3n) is 8.53. The zero-order valence-corrected chi connectivity index (χ0v) is 17.1. The molecule has 8 atom stereocenters.